The molecule has 3 nitrogen and oxygen atoms in total. The van der Waals surface area contributed by atoms with E-state index in [2.05, 4.69) is 12.6 Å². The van der Waals surface area contributed by atoms with Gasteiger partial charge in [0.1, 0.15) is 0 Å². The third-order valence-corrected chi connectivity index (χ3v) is 2.82. The van der Waals surface area contributed by atoms with E-state index in [4.69, 9.17) is 5.11 Å². The Labute approximate surface area is 109 Å². The van der Waals surface area contributed by atoms with Gasteiger partial charge in [-0.2, -0.15) is 0 Å². The maximum atomic E-state index is 11.6. The standard InChI is InChI=1S/C14H10O3S/c15-13(16)11-8-4-7-10(12(11)14(17)18)9-5-2-1-3-6-9/h1-8H,(H,15,16)(H,17,18). The molecule has 90 valence electrons. The van der Waals surface area contributed by atoms with Crippen molar-refractivity contribution in [2.45, 2.75) is 0 Å². The lowest BCUT2D eigenvalue weighted by atomic mass is 9.96. The lowest BCUT2D eigenvalue weighted by molar-refractivity contribution is 0.0693. The van der Waals surface area contributed by atoms with E-state index in [1.54, 1.807) is 12.1 Å². The molecule has 0 spiro atoms. The Hall–Kier alpha value is -2.07. The number of rotatable bonds is 3. The number of hydrogen-bond acceptors (Lipinski definition) is 2. The SMILES string of the molecule is O=C(O)c1cccc(-c2ccccc2)c1C(=O)S. The van der Waals surface area contributed by atoms with Crippen molar-refractivity contribution in [3.05, 3.63) is 59.7 Å². The zero-order valence-corrected chi connectivity index (χ0v) is 10.2. The monoisotopic (exact) mass is 258 g/mol. The lowest BCUT2D eigenvalue weighted by Gasteiger charge is -2.09. The van der Waals surface area contributed by atoms with E-state index in [-0.39, 0.29) is 11.1 Å². The number of aromatic carboxylic acids is 1. The molecule has 0 radical (unpaired) electrons. The Morgan fingerprint density at radius 3 is 2.17 bits per heavy atom. The summed E-state index contributed by atoms with van der Waals surface area (Å²) in [5.41, 5.74) is 1.46. The third kappa shape index (κ3) is 2.28. The maximum Gasteiger partial charge on any atom is 0.336 e. The molecule has 0 heterocycles. The van der Waals surface area contributed by atoms with Crippen molar-refractivity contribution in [3.63, 3.8) is 0 Å². The van der Waals surface area contributed by atoms with Gasteiger partial charge in [-0.1, -0.05) is 42.5 Å². The molecular weight excluding hydrogens is 248 g/mol. The molecule has 0 aliphatic rings. The first-order chi connectivity index (χ1) is 8.61. The number of hydrogen-bond donors (Lipinski definition) is 2. The third-order valence-electron chi connectivity index (χ3n) is 2.59. The highest BCUT2D eigenvalue weighted by atomic mass is 32.1. The Balaban J connectivity index is 2.72. The second-order valence-corrected chi connectivity index (χ2v) is 4.11. The first kappa shape index (κ1) is 12.4. The van der Waals surface area contributed by atoms with Gasteiger partial charge in [0.25, 0.3) is 0 Å². The van der Waals surface area contributed by atoms with Gasteiger partial charge in [-0.05, 0) is 17.2 Å². The summed E-state index contributed by atoms with van der Waals surface area (Å²) in [4.78, 5) is 22.7. The van der Waals surface area contributed by atoms with E-state index < -0.39 is 11.1 Å². The summed E-state index contributed by atoms with van der Waals surface area (Å²) in [6, 6.07) is 13.9. The first-order valence-electron chi connectivity index (χ1n) is 5.26. The summed E-state index contributed by atoms with van der Waals surface area (Å²) in [6.45, 7) is 0. The molecule has 0 saturated carbocycles. The molecule has 0 amide bonds. The molecule has 2 rings (SSSR count). The molecule has 0 fully saturated rings. The highest BCUT2D eigenvalue weighted by Crippen LogP contribution is 2.27. The van der Waals surface area contributed by atoms with Gasteiger partial charge in [-0.3, -0.25) is 4.79 Å². The Morgan fingerprint density at radius 1 is 0.944 bits per heavy atom. The molecule has 2 aromatic rings. The molecule has 1 N–H and O–H groups in total. The molecule has 0 bridgehead atoms. The Bertz CT molecular complexity index is 606. The van der Waals surface area contributed by atoms with E-state index in [1.807, 2.05) is 30.3 Å². The predicted molar refractivity (Wildman–Crippen MR) is 72.2 cm³/mol. The van der Waals surface area contributed by atoms with Gasteiger partial charge in [0.05, 0.1) is 11.1 Å². The summed E-state index contributed by atoms with van der Waals surface area (Å²) in [7, 11) is 0. The van der Waals surface area contributed by atoms with E-state index in [0.29, 0.717) is 5.56 Å². The van der Waals surface area contributed by atoms with Crippen molar-refractivity contribution in [1.82, 2.24) is 0 Å². The van der Waals surface area contributed by atoms with Crippen molar-refractivity contribution in [1.29, 1.82) is 0 Å². The zero-order valence-electron chi connectivity index (χ0n) is 9.33. The molecule has 2 aromatic carbocycles. The minimum Gasteiger partial charge on any atom is -0.478 e. The minimum absolute atomic E-state index is 0.0312. The average Bonchev–Trinajstić information content (AvgIpc) is 2.38. The average molecular weight is 258 g/mol. The number of carbonyl (C=O) groups is 2. The smallest absolute Gasteiger partial charge is 0.336 e. The van der Waals surface area contributed by atoms with Crippen LogP contribution in [0.4, 0.5) is 0 Å². The van der Waals surface area contributed by atoms with E-state index >= 15 is 0 Å². The fourth-order valence-electron chi connectivity index (χ4n) is 1.82. The van der Waals surface area contributed by atoms with Gasteiger partial charge in [-0.15, -0.1) is 12.6 Å². The van der Waals surface area contributed by atoms with Crippen molar-refractivity contribution < 1.29 is 14.7 Å². The van der Waals surface area contributed by atoms with Crippen LogP contribution in [0.25, 0.3) is 11.1 Å². The normalized spacial score (nSPS) is 10.1. The number of benzene rings is 2. The highest BCUT2D eigenvalue weighted by molar-refractivity contribution is 7.97. The summed E-state index contributed by atoms with van der Waals surface area (Å²) in [6.07, 6.45) is 0. The Morgan fingerprint density at radius 2 is 1.61 bits per heavy atom. The van der Waals surface area contributed by atoms with Crippen molar-refractivity contribution >= 4 is 23.7 Å². The van der Waals surface area contributed by atoms with Crippen LogP contribution in [0.5, 0.6) is 0 Å². The van der Waals surface area contributed by atoms with Crippen LogP contribution < -0.4 is 0 Å². The number of carbonyl (C=O) groups excluding carboxylic acids is 1. The van der Waals surface area contributed by atoms with Crippen molar-refractivity contribution in [2.24, 2.45) is 0 Å². The molecule has 0 aliphatic carbocycles. The molecule has 0 saturated heterocycles. The Kier molecular flexibility index (Phi) is 3.48. The molecule has 4 heteroatoms. The molecule has 0 aliphatic heterocycles. The fraction of sp³-hybridized carbons (Fsp3) is 0. The number of carboxylic acid groups (broad SMARTS) is 1. The second kappa shape index (κ2) is 5.06. The first-order valence-corrected chi connectivity index (χ1v) is 5.71. The minimum atomic E-state index is -1.13. The summed E-state index contributed by atoms with van der Waals surface area (Å²) < 4.78 is 0. The van der Waals surface area contributed by atoms with E-state index in [0.717, 1.165) is 5.56 Å². The number of carboxylic acids is 1. The van der Waals surface area contributed by atoms with Crippen LogP contribution >= 0.6 is 12.6 Å². The van der Waals surface area contributed by atoms with Crippen LogP contribution in [-0.4, -0.2) is 16.2 Å². The zero-order chi connectivity index (χ0) is 13.1. The molecule has 0 atom stereocenters. The topological polar surface area (TPSA) is 54.4 Å². The van der Waals surface area contributed by atoms with Crippen LogP contribution in [0.15, 0.2) is 48.5 Å². The fourth-order valence-corrected chi connectivity index (χ4v) is 2.06. The largest absolute Gasteiger partial charge is 0.478 e. The quantitative estimate of drug-likeness (QED) is 0.832. The second-order valence-electron chi connectivity index (χ2n) is 3.70. The summed E-state index contributed by atoms with van der Waals surface area (Å²) in [5.74, 6) is -1.13. The molecule has 18 heavy (non-hydrogen) atoms. The van der Waals surface area contributed by atoms with Gasteiger partial charge < -0.3 is 5.11 Å². The molecule has 0 unspecified atom stereocenters. The van der Waals surface area contributed by atoms with Crippen LogP contribution in [0.1, 0.15) is 20.7 Å². The maximum absolute atomic E-state index is 11.6. The number of thiol groups is 1. The van der Waals surface area contributed by atoms with E-state index in [1.165, 1.54) is 6.07 Å². The van der Waals surface area contributed by atoms with Gasteiger partial charge in [0.15, 0.2) is 0 Å². The van der Waals surface area contributed by atoms with Gasteiger partial charge in [0, 0.05) is 0 Å². The lowest BCUT2D eigenvalue weighted by Crippen LogP contribution is -2.06. The molecular formula is C14H10O3S. The van der Waals surface area contributed by atoms with Crippen LogP contribution in [0.2, 0.25) is 0 Å². The van der Waals surface area contributed by atoms with Crippen LogP contribution in [0, 0.1) is 0 Å². The van der Waals surface area contributed by atoms with E-state index in [9.17, 15) is 9.59 Å². The summed E-state index contributed by atoms with van der Waals surface area (Å²) >= 11 is 3.77. The van der Waals surface area contributed by atoms with Gasteiger partial charge in [0.2, 0.25) is 5.12 Å². The highest BCUT2D eigenvalue weighted by Gasteiger charge is 2.18. The molecule has 0 aromatic heterocycles. The van der Waals surface area contributed by atoms with Crippen molar-refractivity contribution in [2.75, 3.05) is 0 Å². The predicted octanol–water partition coefficient (Wildman–Crippen LogP) is 3.12. The van der Waals surface area contributed by atoms with Gasteiger partial charge in [-0.25, -0.2) is 4.79 Å². The van der Waals surface area contributed by atoms with Crippen LogP contribution in [-0.2, 0) is 0 Å². The summed E-state index contributed by atoms with van der Waals surface area (Å²) in [5, 5.41) is 8.55. The van der Waals surface area contributed by atoms with Crippen LogP contribution in [0.3, 0.4) is 0 Å². The van der Waals surface area contributed by atoms with Crippen molar-refractivity contribution in [3.8, 4) is 11.1 Å². The van der Waals surface area contributed by atoms with Gasteiger partial charge >= 0.3 is 5.97 Å².